The van der Waals surface area contributed by atoms with E-state index in [1.807, 2.05) is 0 Å². The maximum absolute atomic E-state index is 5.39. The molecule has 0 saturated carbocycles. The molecule has 0 spiro atoms. The van der Waals surface area contributed by atoms with E-state index in [1.54, 1.807) is 26.0 Å². The Balaban J connectivity index is 2.09. The van der Waals surface area contributed by atoms with Gasteiger partial charge in [0, 0.05) is 24.0 Å². The molecule has 0 amide bonds. The van der Waals surface area contributed by atoms with Crippen LogP contribution in [-0.2, 0) is 6.54 Å². The molecule has 1 saturated heterocycles. The van der Waals surface area contributed by atoms with Crippen molar-refractivity contribution in [1.82, 2.24) is 10.2 Å². The van der Waals surface area contributed by atoms with Gasteiger partial charge < -0.3 is 19.7 Å². The number of hydrogen-bond acceptors (Lipinski definition) is 5. The first-order valence-electron chi connectivity index (χ1n) is 6.88. The van der Waals surface area contributed by atoms with Gasteiger partial charge in [-0.15, -0.1) is 11.8 Å². The van der Waals surface area contributed by atoms with Crippen molar-refractivity contribution in [3.63, 3.8) is 0 Å². The zero-order valence-electron chi connectivity index (χ0n) is 12.7. The van der Waals surface area contributed by atoms with E-state index in [4.69, 9.17) is 9.47 Å². The molecule has 5 heteroatoms. The summed E-state index contributed by atoms with van der Waals surface area (Å²) in [6, 6.07) is 4.72. The summed E-state index contributed by atoms with van der Waals surface area (Å²) in [5, 5.41) is 3.64. The fourth-order valence-corrected chi connectivity index (χ4v) is 3.20. The summed E-state index contributed by atoms with van der Waals surface area (Å²) in [4.78, 5) is 3.60. The molecule has 1 N–H and O–H groups in total. The number of benzene rings is 1. The second-order valence-corrected chi connectivity index (χ2v) is 6.00. The average molecular weight is 296 g/mol. The Morgan fingerprint density at radius 1 is 1.30 bits per heavy atom. The van der Waals surface area contributed by atoms with E-state index in [-0.39, 0.29) is 0 Å². The zero-order chi connectivity index (χ0) is 14.5. The highest BCUT2D eigenvalue weighted by Crippen LogP contribution is 2.34. The zero-order valence-corrected chi connectivity index (χ0v) is 13.5. The predicted octanol–water partition coefficient (Wildman–Crippen LogP) is 2.22. The van der Waals surface area contributed by atoms with E-state index >= 15 is 0 Å². The number of rotatable bonds is 6. The molecular weight excluding hydrogens is 272 g/mol. The number of hydrogen-bond donors (Lipinski definition) is 1. The maximum atomic E-state index is 5.39. The van der Waals surface area contributed by atoms with Crippen molar-refractivity contribution in [2.24, 2.45) is 0 Å². The van der Waals surface area contributed by atoms with Crippen LogP contribution in [0.3, 0.4) is 0 Å². The van der Waals surface area contributed by atoms with Crippen LogP contribution in [0.25, 0.3) is 0 Å². The van der Waals surface area contributed by atoms with Crippen LogP contribution < -0.4 is 14.8 Å². The van der Waals surface area contributed by atoms with E-state index in [2.05, 4.69) is 35.7 Å². The van der Waals surface area contributed by atoms with Crippen molar-refractivity contribution in [2.45, 2.75) is 23.9 Å². The van der Waals surface area contributed by atoms with Crippen molar-refractivity contribution >= 4 is 11.8 Å². The molecular formula is C15H24N2O2S. The number of likely N-dealkylation sites (tertiary alicyclic amines) is 1. The molecule has 0 aliphatic carbocycles. The number of ether oxygens (including phenoxy) is 2. The molecule has 4 nitrogen and oxygen atoms in total. The number of methoxy groups -OCH3 is 2. The standard InChI is InChI=1S/C15H24N2O2S/c1-17-6-5-12(10-17)16-9-11-7-13(18-2)14(19-3)8-15(11)20-4/h7-8,12,16H,5-6,9-10H2,1-4H3. The molecule has 1 unspecified atom stereocenters. The van der Waals surface area contributed by atoms with E-state index in [0.29, 0.717) is 6.04 Å². The van der Waals surface area contributed by atoms with Crippen LogP contribution in [0.5, 0.6) is 11.5 Å². The molecule has 1 aliphatic rings. The molecule has 2 rings (SSSR count). The molecule has 1 heterocycles. The lowest BCUT2D eigenvalue weighted by molar-refractivity contribution is 0.353. The first-order valence-corrected chi connectivity index (χ1v) is 8.11. The normalized spacial score (nSPS) is 19.3. The molecule has 1 fully saturated rings. The fourth-order valence-electron chi connectivity index (χ4n) is 2.59. The molecule has 112 valence electrons. The Morgan fingerprint density at radius 2 is 2.00 bits per heavy atom. The van der Waals surface area contributed by atoms with Gasteiger partial charge in [0.15, 0.2) is 11.5 Å². The van der Waals surface area contributed by atoms with Crippen molar-refractivity contribution in [2.75, 3.05) is 40.6 Å². The predicted molar refractivity (Wildman–Crippen MR) is 84.1 cm³/mol. The van der Waals surface area contributed by atoms with Gasteiger partial charge in [-0.25, -0.2) is 0 Å². The topological polar surface area (TPSA) is 33.7 Å². The lowest BCUT2D eigenvalue weighted by Gasteiger charge is -2.17. The van der Waals surface area contributed by atoms with Gasteiger partial charge in [-0.05, 0) is 44.0 Å². The third kappa shape index (κ3) is 3.59. The summed E-state index contributed by atoms with van der Waals surface area (Å²) in [6.07, 6.45) is 3.31. The number of likely N-dealkylation sites (N-methyl/N-ethyl adjacent to an activating group) is 1. The van der Waals surface area contributed by atoms with E-state index in [1.165, 1.54) is 23.4 Å². The first kappa shape index (κ1) is 15.5. The summed E-state index contributed by atoms with van der Waals surface area (Å²) >= 11 is 1.74. The van der Waals surface area contributed by atoms with Crippen LogP contribution in [0.1, 0.15) is 12.0 Å². The molecule has 0 radical (unpaired) electrons. The summed E-state index contributed by atoms with van der Waals surface area (Å²) < 4.78 is 10.8. The monoisotopic (exact) mass is 296 g/mol. The van der Waals surface area contributed by atoms with E-state index < -0.39 is 0 Å². The average Bonchev–Trinajstić information content (AvgIpc) is 2.89. The SMILES string of the molecule is COc1cc(CNC2CCN(C)C2)c(SC)cc1OC. The highest BCUT2D eigenvalue weighted by atomic mass is 32.2. The Hall–Kier alpha value is -0.910. The lowest BCUT2D eigenvalue weighted by Crippen LogP contribution is -2.31. The lowest BCUT2D eigenvalue weighted by atomic mass is 10.1. The summed E-state index contributed by atoms with van der Waals surface area (Å²) in [7, 11) is 5.53. The van der Waals surface area contributed by atoms with Crippen LogP contribution in [0.4, 0.5) is 0 Å². The minimum Gasteiger partial charge on any atom is -0.493 e. The van der Waals surface area contributed by atoms with Gasteiger partial charge in [-0.2, -0.15) is 0 Å². The highest BCUT2D eigenvalue weighted by Gasteiger charge is 2.19. The van der Waals surface area contributed by atoms with E-state index in [0.717, 1.165) is 24.6 Å². The minimum absolute atomic E-state index is 0.586. The second-order valence-electron chi connectivity index (χ2n) is 5.15. The largest absolute Gasteiger partial charge is 0.493 e. The number of nitrogens with one attached hydrogen (secondary N) is 1. The summed E-state index contributed by atoms with van der Waals surface area (Å²) in [6.45, 7) is 3.18. The highest BCUT2D eigenvalue weighted by molar-refractivity contribution is 7.98. The Kier molecular flexibility index (Phi) is 5.57. The molecule has 1 aromatic carbocycles. The summed E-state index contributed by atoms with van der Waals surface area (Å²) in [5.41, 5.74) is 1.27. The van der Waals surface area contributed by atoms with Gasteiger partial charge in [-0.1, -0.05) is 0 Å². The van der Waals surface area contributed by atoms with Gasteiger partial charge in [0.1, 0.15) is 0 Å². The molecule has 0 bridgehead atoms. The Bertz CT molecular complexity index is 454. The fraction of sp³-hybridized carbons (Fsp3) is 0.600. The van der Waals surface area contributed by atoms with Gasteiger partial charge in [0.05, 0.1) is 14.2 Å². The third-order valence-electron chi connectivity index (χ3n) is 3.76. The molecule has 1 aliphatic heterocycles. The molecule has 1 atom stereocenters. The van der Waals surface area contributed by atoms with Crippen LogP contribution in [-0.4, -0.2) is 51.6 Å². The summed E-state index contributed by atoms with van der Waals surface area (Å²) in [5.74, 6) is 1.59. The van der Waals surface area contributed by atoms with Crippen molar-refractivity contribution in [3.05, 3.63) is 17.7 Å². The van der Waals surface area contributed by atoms with Gasteiger partial charge in [-0.3, -0.25) is 0 Å². The second kappa shape index (κ2) is 7.20. The van der Waals surface area contributed by atoms with Gasteiger partial charge >= 0.3 is 0 Å². The Labute approximate surface area is 125 Å². The van der Waals surface area contributed by atoms with Gasteiger partial charge in [0.25, 0.3) is 0 Å². The first-order chi connectivity index (χ1) is 9.67. The van der Waals surface area contributed by atoms with Gasteiger partial charge in [0.2, 0.25) is 0 Å². The van der Waals surface area contributed by atoms with Crippen LogP contribution in [0, 0.1) is 0 Å². The quantitative estimate of drug-likeness (QED) is 0.814. The maximum Gasteiger partial charge on any atom is 0.161 e. The Morgan fingerprint density at radius 3 is 2.55 bits per heavy atom. The minimum atomic E-state index is 0.586. The van der Waals surface area contributed by atoms with Crippen molar-refractivity contribution in [1.29, 1.82) is 0 Å². The third-order valence-corrected chi connectivity index (χ3v) is 4.58. The number of nitrogens with zero attached hydrogens (tertiary/aromatic N) is 1. The number of thioether (sulfide) groups is 1. The van der Waals surface area contributed by atoms with Crippen LogP contribution in [0.15, 0.2) is 17.0 Å². The van der Waals surface area contributed by atoms with Crippen molar-refractivity contribution in [3.8, 4) is 11.5 Å². The molecule has 0 aromatic heterocycles. The van der Waals surface area contributed by atoms with Crippen molar-refractivity contribution < 1.29 is 9.47 Å². The smallest absolute Gasteiger partial charge is 0.161 e. The van der Waals surface area contributed by atoms with E-state index in [9.17, 15) is 0 Å². The molecule has 1 aromatic rings. The molecule has 20 heavy (non-hydrogen) atoms. The van der Waals surface area contributed by atoms with Crippen LogP contribution >= 0.6 is 11.8 Å². The van der Waals surface area contributed by atoms with Crippen LogP contribution in [0.2, 0.25) is 0 Å².